The summed E-state index contributed by atoms with van der Waals surface area (Å²) in [4.78, 5) is 22.1. The molecule has 5 rings (SSSR count). The van der Waals surface area contributed by atoms with E-state index in [1.54, 1.807) is 18.0 Å². The van der Waals surface area contributed by atoms with Gasteiger partial charge in [-0.1, -0.05) is 83.6 Å². The van der Waals surface area contributed by atoms with Crippen molar-refractivity contribution in [3.05, 3.63) is 125 Å². The fraction of sp³-hybridized carbons (Fsp3) is 0.167. The zero-order valence-electron chi connectivity index (χ0n) is 20.4. The van der Waals surface area contributed by atoms with Gasteiger partial charge in [-0.2, -0.15) is 0 Å². The second-order valence-electron chi connectivity index (χ2n) is 8.97. The number of carbonyl (C=O) groups is 1. The quantitative estimate of drug-likeness (QED) is 0.258. The molecule has 0 aliphatic heterocycles. The molecule has 0 saturated heterocycles. The van der Waals surface area contributed by atoms with Gasteiger partial charge in [-0.3, -0.25) is 9.36 Å². The topological polar surface area (TPSA) is 59.8 Å². The minimum Gasteiger partial charge on any atom is -0.348 e. The van der Waals surface area contributed by atoms with E-state index in [1.807, 2.05) is 48.5 Å². The van der Waals surface area contributed by atoms with Crippen molar-refractivity contribution in [2.75, 3.05) is 0 Å². The Bertz CT molecular complexity index is 1470. The normalized spacial score (nSPS) is 11.1. The Labute approximate surface area is 215 Å². The van der Waals surface area contributed by atoms with Gasteiger partial charge in [0.2, 0.25) is 0 Å². The molecule has 5 nitrogen and oxygen atoms in total. The molecule has 5 aromatic rings. The highest BCUT2D eigenvalue weighted by Gasteiger charge is 2.14. The van der Waals surface area contributed by atoms with Gasteiger partial charge in [0.25, 0.3) is 5.91 Å². The van der Waals surface area contributed by atoms with Gasteiger partial charge >= 0.3 is 0 Å². The van der Waals surface area contributed by atoms with Crippen molar-refractivity contribution in [1.29, 1.82) is 0 Å². The third kappa shape index (κ3) is 5.66. The first kappa shape index (κ1) is 23.8. The van der Waals surface area contributed by atoms with Gasteiger partial charge in [0.1, 0.15) is 5.52 Å². The second kappa shape index (κ2) is 10.8. The van der Waals surface area contributed by atoms with Crippen LogP contribution >= 0.6 is 11.8 Å². The number of fused-ring (bicyclic) bond motifs is 1. The van der Waals surface area contributed by atoms with Crippen molar-refractivity contribution in [2.45, 2.75) is 37.8 Å². The number of aromatic nitrogens is 3. The predicted molar refractivity (Wildman–Crippen MR) is 146 cm³/mol. The van der Waals surface area contributed by atoms with Crippen molar-refractivity contribution in [2.24, 2.45) is 0 Å². The van der Waals surface area contributed by atoms with Crippen LogP contribution in [-0.2, 0) is 18.8 Å². The molecule has 1 N–H and O–H groups in total. The molecule has 0 radical (unpaired) electrons. The fourth-order valence-corrected chi connectivity index (χ4v) is 4.92. The number of amides is 1. The Hall–Kier alpha value is -3.90. The Morgan fingerprint density at radius 3 is 2.17 bits per heavy atom. The van der Waals surface area contributed by atoms with Gasteiger partial charge in [-0.05, 0) is 54.8 Å². The van der Waals surface area contributed by atoms with Crippen molar-refractivity contribution in [3.63, 3.8) is 0 Å². The van der Waals surface area contributed by atoms with Crippen molar-refractivity contribution >= 4 is 28.8 Å². The van der Waals surface area contributed by atoms with Crippen molar-refractivity contribution in [1.82, 2.24) is 19.9 Å². The first-order chi connectivity index (χ1) is 17.5. The molecule has 0 bridgehead atoms. The van der Waals surface area contributed by atoms with Crippen LogP contribution in [0.15, 0.2) is 96.3 Å². The summed E-state index contributed by atoms with van der Waals surface area (Å²) in [5.41, 5.74) is 8.30. The molecule has 3 aromatic carbocycles. The lowest BCUT2D eigenvalue weighted by Crippen LogP contribution is -2.22. The summed E-state index contributed by atoms with van der Waals surface area (Å²) >= 11 is 1.71. The number of aryl methyl sites for hydroxylation is 2. The lowest BCUT2D eigenvalue weighted by molar-refractivity contribution is 0.0951. The zero-order chi connectivity index (χ0) is 24.9. The average Bonchev–Trinajstić information content (AvgIpc) is 3.25. The number of thioether (sulfide) groups is 1. The molecule has 0 saturated carbocycles. The van der Waals surface area contributed by atoms with Crippen LogP contribution in [0.1, 0.15) is 38.2 Å². The van der Waals surface area contributed by atoms with E-state index in [4.69, 9.17) is 4.98 Å². The van der Waals surface area contributed by atoms with E-state index in [-0.39, 0.29) is 5.91 Å². The minimum atomic E-state index is -0.0776. The highest BCUT2D eigenvalue weighted by atomic mass is 32.2. The number of rotatable bonds is 8. The summed E-state index contributed by atoms with van der Waals surface area (Å²) in [6.07, 6.45) is 1.80. The summed E-state index contributed by atoms with van der Waals surface area (Å²) in [5, 5.41) is 3.94. The number of benzene rings is 3. The van der Waals surface area contributed by atoms with E-state index in [0.717, 1.165) is 33.2 Å². The van der Waals surface area contributed by atoms with E-state index in [0.29, 0.717) is 18.7 Å². The van der Waals surface area contributed by atoms with Crippen LogP contribution < -0.4 is 5.32 Å². The number of nitrogens with one attached hydrogen (secondary N) is 1. The molecule has 0 aliphatic rings. The van der Waals surface area contributed by atoms with Crippen LogP contribution in [0, 0.1) is 13.8 Å². The first-order valence-corrected chi connectivity index (χ1v) is 13.0. The van der Waals surface area contributed by atoms with Crippen LogP contribution in [0.25, 0.3) is 11.2 Å². The highest BCUT2D eigenvalue weighted by molar-refractivity contribution is 7.98. The Morgan fingerprint density at radius 1 is 0.833 bits per heavy atom. The molecule has 36 heavy (non-hydrogen) atoms. The number of pyridine rings is 1. The van der Waals surface area contributed by atoms with E-state index in [2.05, 4.69) is 65.1 Å². The first-order valence-electron chi connectivity index (χ1n) is 12.0. The molecule has 6 heteroatoms. The van der Waals surface area contributed by atoms with Crippen LogP contribution in [0.2, 0.25) is 0 Å². The van der Waals surface area contributed by atoms with Gasteiger partial charge in [-0.25, -0.2) is 9.97 Å². The number of hydrogen-bond acceptors (Lipinski definition) is 4. The van der Waals surface area contributed by atoms with Crippen molar-refractivity contribution in [3.8, 4) is 0 Å². The molecular formula is C30H28N4OS. The minimum absolute atomic E-state index is 0.0776. The number of imidazole rings is 1. The summed E-state index contributed by atoms with van der Waals surface area (Å²) in [6, 6.07) is 28.5. The SMILES string of the molecule is Cc1ccc(CNC(=O)c2ccc(Cn3c(SCc4ccc(C)cc4)nc4cccnc43)cc2)cc1. The lowest BCUT2D eigenvalue weighted by Gasteiger charge is -2.10. The smallest absolute Gasteiger partial charge is 0.251 e. The molecule has 2 aromatic heterocycles. The Kier molecular flexibility index (Phi) is 7.14. The molecule has 1 amide bonds. The number of nitrogens with zero attached hydrogens (tertiary/aromatic N) is 3. The molecule has 2 heterocycles. The molecule has 0 aliphatic carbocycles. The average molecular weight is 493 g/mol. The Balaban J connectivity index is 1.29. The monoisotopic (exact) mass is 492 g/mol. The molecule has 0 spiro atoms. The summed E-state index contributed by atoms with van der Waals surface area (Å²) in [6.45, 7) is 5.30. The van der Waals surface area contributed by atoms with E-state index >= 15 is 0 Å². The second-order valence-corrected chi connectivity index (χ2v) is 9.91. The molecular weight excluding hydrogens is 464 g/mol. The van der Waals surface area contributed by atoms with Gasteiger partial charge < -0.3 is 5.32 Å². The van der Waals surface area contributed by atoms with E-state index in [1.165, 1.54) is 16.7 Å². The van der Waals surface area contributed by atoms with Gasteiger partial charge in [-0.15, -0.1) is 0 Å². The van der Waals surface area contributed by atoms with Crippen LogP contribution in [0.5, 0.6) is 0 Å². The molecule has 180 valence electrons. The third-order valence-corrected chi connectivity index (χ3v) is 7.14. The summed E-state index contributed by atoms with van der Waals surface area (Å²) in [7, 11) is 0. The van der Waals surface area contributed by atoms with Gasteiger partial charge in [0.15, 0.2) is 10.8 Å². The van der Waals surface area contributed by atoms with Crippen molar-refractivity contribution < 1.29 is 4.79 Å². The molecule has 0 fully saturated rings. The maximum Gasteiger partial charge on any atom is 0.251 e. The lowest BCUT2D eigenvalue weighted by atomic mass is 10.1. The highest BCUT2D eigenvalue weighted by Crippen LogP contribution is 2.27. The van der Waals surface area contributed by atoms with Crippen LogP contribution in [-0.4, -0.2) is 20.4 Å². The Morgan fingerprint density at radius 2 is 1.47 bits per heavy atom. The molecule has 0 unspecified atom stereocenters. The molecule has 0 atom stereocenters. The fourth-order valence-electron chi connectivity index (χ4n) is 3.96. The maximum absolute atomic E-state index is 12.6. The predicted octanol–water partition coefficient (Wildman–Crippen LogP) is 6.32. The third-order valence-electron chi connectivity index (χ3n) is 6.09. The van der Waals surface area contributed by atoms with Crippen LogP contribution in [0.4, 0.5) is 0 Å². The maximum atomic E-state index is 12.6. The standard InChI is InChI=1S/C30H28N4OS/c1-21-5-9-23(10-6-21)18-32-29(35)26-15-13-24(14-16-26)19-34-28-27(4-3-17-31-28)33-30(34)36-20-25-11-7-22(2)8-12-25/h3-17H,18-20H2,1-2H3,(H,32,35). The summed E-state index contributed by atoms with van der Waals surface area (Å²) < 4.78 is 2.15. The van der Waals surface area contributed by atoms with E-state index < -0.39 is 0 Å². The number of carbonyl (C=O) groups excluding carboxylic acids is 1. The zero-order valence-corrected chi connectivity index (χ0v) is 21.3. The number of hydrogen-bond donors (Lipinski definition) is 1. The summed E-state index contributed by atoms with van der Waals surface area (Å²) in [5.74, 6) is 0.759. The van der Waals surface area contributed by atoms with Gasteiger partial charge in [0, 0.05) is 24.1 Å². The van der Waals surface area contributed by atoms with E-state index in [9.17, 15) is 4.79 Å². The van der Waals surface area contributed by atoms with Gasteiger partial charge in [0.05, 0.1) is 6.54 Å². The van der Waals surface area contributed by atoms with Crippen LogP contribution in [0.3, 0.4) is 0 Å². The largest absolute Gasteiger partial charge is 0.348 e.